The van der Waals surface area contributed by atoms with Gasteiger partial charge >= 0.3 is 5.69 Å². The summed E-state index contributed by atoms with van der Waals surface area (Å²) < 4.78 is 2.93. The fourth-order valence-electron chi connectivity index (χ4n) is 2.95. The number of hydrogen-bond donors (Lipinski definition) is 3. The van der Waals surface area contributed by atoms with Gasteiger partial charge in [-0.2, -0.15) is 0 Å². The molecule has 0 fully saturated rings. The topological polar surface area (TPSA) is 141 Å². The highest BCUT2D eigenvalue weighted by Gasteiger charge is 2.20. The van der Waals surface area contributed by atoms with Gasteiger partial charge in [-0.05, 0) is 23.1 Å². The maximum atomic E-state index is 12.5. The van der Waals surface area contributed by atoms with Crippen molar-refractivity contribution in [2.45, 2.75) is 26.2 Å². The standard InChI is InChI=1S/C19H25N7O3S.H2/c1-19(2,3)10-6-7-11-12(8-10)30-17(22-11)23-13(27)9-26(21)14-15(20)24(4)18(29)25(5)16(14)28;/h6-8H,9,20-21H2,1-5H3,(H,22,23,27);1H. The highest BCUT2D eigenvalue weighted by Crippen LogP contribution is 2.31. The van der Waals surface area contributed by atoms with E-state index in [4.69, 9.17) is 11.6 Å². The molecule has 0 spiro atoms. The van der Waals surface area contributed by atoms with Gasteiger partial charge in [0.15, 0.2) is 10.8 Å². The van der Waals surface area contributed by atoms with Crippen LogP contribution in [0.3, 0.4) is 0 Å². The van der Waals surface area contributed by atoms with Crippen LogP contribution in [-0.2, 0) is 24.3 Å². The number of carbonyl (C=O) groups is 1. The monoisotopic (exact) mass is 433 g/mol. The number of thiazole rings is 1. The first-order chi connectivity index (χ1) is 13.9. The van der Waals surface area contributed by atoms with E-state index in [9.17, 15) is 14.4 Å². The molecule has 0 saturated carbocycles. The van der Waals surface area contributed by atoms with Gasteiger partial charge in [-0.1, -0.05) is 38.2 Å². The van der Waals surface area contributed by atoms with Gasteiger partial charge in [-0.3, -0.25) is 23.7 Å². The molecule has 3 aromatic rings. The lowest BCUT2D eigenvalue weighted by molar-refractivity contribution is -0.115. The van der Waals surface area contributed by atoms with Gasteiger partial charge in [0.25, 0.3) is 5.56 Å². The van der Waals surface area contributed by atoms with Crippen LogP contribution in [0.25, 0.3) is 10.2 Å². The van der Waals surface area contributed by atoms with Gasteiger partial charge < -0.3 is 11.1 Å². The summed E-state index contributed by atoms with van der Waals surface area (Å²) in [5, 5.41) is 4.05. The van der Waals surface area contributed by atoms with E-state index in [2.05, 4.69) is 37.1 Å². The first-order valence-electron chi connectivity index (χ1n) is 9.18. The minimum atomic E-state index is -0.680. The number of nitrogen functional groups attached to an aromatic ring is 1. The summed E-state index contributed by atoms with van der Waals surface area (Å²) in [5.41, 5.74) is 6.43. The molecule has 0 aliphatic rings. The molecule has 1 aromatic carbocycles. The molecule has 162 valence electrons. The lowest BCUT2D eigenvalue weighted by Crippen LogP contribution is -2.47. The number of hydrazine groups is 1. The Morgan fingerprint density at radius 2 is 1.93 bits per heavy atom. The van der Waals surface area contributed by atoms with Crippen molar-refractivity contribution in [2.75, 3.05) is 22.6 Å². The number of amides is 1. The molecule has 2 aromatic heterocycles. The van der Waals surface area contributed by atoms with Gasteiger partial charge in [0.1, 0.15) is 12.4 Å². The number of aromatic nitrogens is 3. The molecule has 0 unspecified atom stereocenters. The van der Waals surface area contributed by atoms with Crippen molar-refractivity contribution < 1.29 is 6.22 Å². The predicted molar refractivity (Wildman–Crippen MR) is 122 cm³/mol. The zero-order valence-electron chi connectivity index (χ0n) is 17.5. The first kappa shape index (κ1) is 21.5. The van der Waals surface area contributed by atoms with Gasteiger partial charge in [0.05, 0.1) is 10.2 Å². The van der Waals surface area contributed by atoms with Crippen LogP contribution in [-0.4, -0.2) is 26.6 Å². The number of nitrogens with one attached hydrogen (secondary N) is 1. The van der Waals surface area contributed by atoms with Crippen LogP contribution in [0, 0.1) is 0 Å². The third-order valence-corrected chi connectivity index (χ3v) is 5.72. The molecule has 0 saturated heterocycles. The van der Waals surface area contributed by atoms with Crippen LogP contribution in [0.1, 0.15) is 27.8 Å². The Labute approximate surface area is 178 Å². The summed E-state index contributed by atoms with van der Waals surface area (Å²) in [6.07, 6.45) is 0. The molecule has 11 heteroatoms. The van der Waals surface area contributed by atoms with Crippen molar-refractivity contribution in [1.29, 1.82) is 0 Å². The van der Waals surface area contributed by atoms with Gasteiger partial charge in [-0.15, -0.1) is 0 Å². The second kappa shape index (κ2) is 7.58. The zero-order chi connectivity index (χ0) is 22.4. The second-order valence-electron chi connectivity index (χ2n) is 8.07. The average Bonchev–Trinajstić information content (AvgIpc) is 3.05. The molecule has 0 bridgehead atoms. The third-order valence-electron chi connectivity index (χ3n) is 4.79. The zero-order valence-corrected chi connectivity index (χ0v) is 18.3. The van der Waals surface area contributed by atoms with E-state index in [0.717, 1.165) is 24.4 Å². The number of nitrogens with two attached hydrogens (primary N) is 2. The maximum absolute atomic E-state index is 12.5. The lowest BCUT2D eigenvalue weighted by Gasteiger charge is -2.20. The van der Waals surface area contributed by atoms with Gasteiger partial charge in [0.2, 0.25) is 5.91 Å². The fraction of sp³-hybridized carbons (Fsp3) is 0.368. The largest absolute Gasteiger partial charge is 0.383 e. The number of benzene rings is 1. The molecule has 3 rings (SSSR count). The molecule has 10 nitrogen and oxygen atoms in total. The Morgan fingerprint density at radius 1 is 1.27 bits per heavy atom. The number of anilines is 3. The van der Waals surface area contributed by atoms with E-state index in [1.807, 2.05) is 12.1 Å². The predicted octanol–water partition coefficient (Wildman–Crippen LogP) is 1.14. The number of hydrogen-bond acceptors (Lipinski definition) is 8. The van der Waals surface area contributed by atoms with Gasteiger partial charge in [-0.25, -0.2) is 15.6 Å². The minimum Gasteiger partial charge on any atom is -0.383 e. The second-order valence-corrected chi connectivity index (χ2v) is 9.10. The molecule has 2 heterocycles. The lowest BCUT2D eigenvalue weighted by atomic mass is 9.87. The van der Waals surface area contributed by atoms with Crippen LogP contribution in [0.5, 0.6) is 0 Å². The number of nitrogens with zero attached hydrogens (tertiary/aromatic N) is 4. The molecular formula is C19H27N7O3S. The van der Waals surface area contributed by atoms with Crippen LogP contribution >= 0.6 is 11.3 Å². The Bertz CT molecular complexity index is 1260. The summed E-state index contributed by atoms with van der Waals surface area (Å²) in [4.78, 5) is 41.2. The summed E-state index contributed by atoms with van der Waals surface area (Å²) >= 11 is 1.35. The number of carbonyl (C=O) groups excluding carboxylic acids is 1. The van der Waals surface area contributed by atoms with Crippen molar-refractivity contribution in [2.24, 2.45) is 19.9 Å². The fourth-order valence-corrected chi connectivity index (χ4v) is 3.87. The maximum Gasteiger partial charge on any atom is 0.332 e. The minimum absolute atomic E-state index is 0. The number of rotatable bonds is 4. The molecule has 0 aliphatic heterocycles. The van der Waals surface area contributed by atoms with Crippen molar-refractivity contribution in [3.05, 3.63) is 44.6 Å². The van der Waals surface area contributed by atoms with Crippen molar-refractivity contribution in [1.82, 2.24) is 14.1 Å². The molecule has 0 aliphatic carbocycles. The van der Waals surface area contributed by atoms with Crippen LogP contribution in [0.15, 0.2) is 27.8 Å². The van der Waals surface area contributed by atoms with Crippen molar-refractivity contribution in [3.63, 3.8) is 0 Å². The van der Waals surface area contributed by atoms with E-state index >= 15 is 0 Å². The van der Waals surface area contributed by atoms with E-state index < -0.39 is 17.2 Å². The van der Waals surface area contributed by atoms with Gasteiger partial charge in [0, 0.05) is 15.5 Å². The Hall–Kier alpha value is -3.18. The molecule has 1 amide bonds. The first-order valence-corrected chi connectivity index (χ1v) is 10.0. The van der Waals surface area contributed by atoms with Crippen molar-refractivity contribution >= 4 is 44.1 Å². The molecule has 0 radical (unpaired) electrons. The van der Waals surface area contributed by atoms with E-state index in [-0.39, 0.29) is 24.9 Å². The molecule has 0 atom stereocenters. The quantitative estimate of drug-likeness (QED) is 0.414. The molecular weight excluding hydrogens is 406 g/mol. The highest BCUT2D eigenvalue weighted by atomic mass is 32.1. The van der Waals surface area contributed by atoms with E-state index in [0.29, 0.717) is 5.13 Å². The normalized spacial score (nSPS) is 11.7. The van der Waals surface area contributed by atoms with Crippen LogP contribution < -0.4 is 33.2 Å². The number of fused-ring (bicyclic) bond motifs is 1. The molecule has 5 N–H and O–H groups in total. The average molecular weight is 434 g/mol. The smallest absolute Gasteiger partial charge is 0.332 e. The highest BCUT2D eigenvalue weighted by molar-refractivity contribution is 7.22. The van der Waals surface area contributed by atoms with Crippen LogP contribution in [0.4, 0.5) is 16.6 Å². The molecule has 30 heavy (non-hydrogen) atoms. The van der Waals surface area contributed by atoms with Crippen molar-refractivity contribution in [3.8, 4) is 0 Å². The SMILES string of the molecule is Cn1c(N)c(N(N)CC(=O)Nc2nc3ccc(C(C)(C)C)cc3s2)c(=O)n(C)c1=O.[HH]. The summed E-state index contributed by atoms with van der Waals surface area (Å²) in [7, 11) is 2.73. The van der Waals surface area contributed by atoms with E-state index in [1.54, 1.807) is 0 Å². The Balaban J connectivity index is 0.00000341. The summed E-state index contributed by atoms with van der Waals surface area (Å²) in [5.74, 6) is 5.34. The van der Waals surface area contributed by atoms with E-state index in [1.165, 1.54) is 31.0 Å². The summed E-state index contributed by atoms with van der Waals surface area (Å²) in [6, 6.07) is 6.01. The third kappa shape index (κ3) is 3.94. The Kier molecular flexibility index (Phi) is 5.44. The van der Waals surface area contributed by atoms with Crippen LogP contribution in [0.2, 0.25) is 0 Å². The summed E-state index contributed by atoms with van der Waals surface area (Å²) in [6.45, 7) is 6.04. The Morgan fingerprint density at radius 3 is 2.57 bits per heavy atom.